The molecule has 0 saturated heterocycles. The van der Waals surface area contributed by atoms with Crippen LogP contribution >= 0.6 is 23.1 Å². The first-order valence-electron chi connectivity index (χ1n) is 4.28. The summed E-state index contributed by atoms with van der Waals surface area (Å²) >= 11 is 3.64. The number of fused-ring (bicyclic) bond motifs is 3. The van der Waals surface area contributed by atoms with Crippen LogP contribution in [-0.4, -0.2) is 5.75 Å². The molecule has 0 bridgehead atoms. The van der Waals surface area contributed by atoms with Crippen molar-refractivity contribution in [2.45, 2.75) is 11.3 Å². The van der Waals surface area contributed by atoms with E-state index < -0.39 is 0 Å². The Morgan fingerprint density at radius 3 is 3.15 bits per heavy atom. The zero-order chi connectivity index (χ0) is 8.84. The number of anilines is 1. The highest BCUT2D eigenvalue weighted by Gasteiger charge is 2.15. The maximum atomic E-state index is 5.80. The first-order valence-corrected chi connectivity index (χ1v) is 6.08. The highest BCUT2D eigenvalue weighted by Crippen LogP contribution is 2.39. The fraction of sp³-hybridized carbons (Fsp3) is 0.200. The van der Waals surface area contributed by atoms with E-state index in [0.29, 0.717) is 0 Å². The van der Waals surface area contributed by atoms with E-state index in [2.05, 4.69) is 18.2 Å². The summed E-state index contributed by atoms with van der Waals surface area (Å²) in [7, 11) is 0. The van der Waals surface area contributed by atoms with Gasteiger partial charge in [-0.3, -0.25) is 0 Å². The Morgan fingerprint density at radius 2 is 2.23 bits per heavy atom. The van der Waals surface area contributed by atoms with Gasteiger partial charge < -0.3 is 5.73 Å². The van der Waals surface area contributed by atoms with E-state index in [1.54, 1.807) is 11.3 Å². The van der Waals surface area contributed by atoms with E-state index >= 15 is 0 Å². The van der Waals surface area contributed by atoms with Gasteiger partial charge in [-0.05, 0) is 35.6 Å². The molecule has 0 spiro atoms. The molecule has 0 aliphatic carbocycles. The van der Waals surface area contributed by atoms with Crippen molar-refractivity contribution in [1.29, 1.82) is 0 Å². The van der Waals surface area contributed by atoms with E-state index in [9.17, 15) is 0 Å². The molecule has 2 aromatic rings. The molecule has 2 N–H and O–H groups in total. The van der Waals surface area contributed by atoms with Gasteiger partial charge in [-0.25, -0.2) is 0 Å². The predicted molar refractivity (Wildman–Crippen MR) is 60.7 cm³/mol. The molecule has 3 rings (SSSR count). The largest absolute Gasteiger partial charge is 0.391 e. The lowest BCUT2D eigenvalue weighted by Crippen LogP contribution is -1.80. The quantitative estimate of drug-likeness (QED) is 0.718. The van der Waals surface area contributed by atoms with Gasteiger partial charge in [0.2, 0.25) is 0 Å². The van der Waals surface area contributed by atoms with Crippen LogP contribution in [0, 0.1) is 0 Å². The van der Waals surface area contributed by atoms with Gasteiger partial charge in [0.1, 0.15) is 0 Å². The fourth-order valence-corrected chi connectivity index (χ4v) is 3.76. The SMILES string of the molecule is Nc1cc2c3c(ccc2s1)SCC3. The van der Waals surface area contributed by atoms with E-state index in [0.717, 1.165) is 5.00 Å². The molecule has 1 aliphatic heterocycles. The minimum atomic E-state index is 0.931. The van der Waals surface area contributed by atoms with Gasteiger partial charge in [-0.1, -0.05) is 0 Å². The second-order valence-electron chi connectivity index (χ2n) is 3.20. The summed E-state index contributed by atoms with van der Waals surface area (Å²) in [6.45, 7) is 0. The van der Waals surface area contributed by atoms with Crippen LogP contribution in [0.2, 0.25) is 0 Å². The van der Waals surface area contributed by atoms with Crippen LogP contribution in [-0.2, 0) is 6.42 Å². The zero-order valence-electron chi connectivity index (χ0n) is 7.04. The van der Waals surface area contributed by atoms with Crippen molar-refractivity contribution in [3.05, 3.63) is 23.8 Å². The van der Waals surface area contributed by atoms with Crippen molar-refractivity contribution in [1.82, 2.24) is 0 Å². The van der Waals surface area contributed by atoms with Crippen molar-refractivity contribution in [3.8, 4) is 0 Å². The monoisotopic (exact) mass is 207 g/mol. The predicted octanol–water partition coefficient (Wildman–Crippen LogP) is 3.13. The second kappa shape index (κ2) is 2.66. The lowest BCUT2D eigenvalue weighted by Gasteiger charge is -1.97. The molecule has 0 amide bonds. The molecular formula is C10H9NS2. The van der Waals surface area contributed by atoms with E-state index in [1.807, 2.05) is 11.8 Å². The number of thiophene rings is 1. The normalized spacial score (nSPS) is 15.1. The molecule has 3 heteroatoms. The fourth-order valence-electron chi connectivity index (χ4n) is 1.83. The number of nitrogen functional groups attached to an aromatic ring is 1. The van der Waals surface area contributed by atoms with Gasteiger partial charge >= 0.3 is 0 Å². The summed E-state index contributed by atoms with van der Waals surface area (Å²) < 4.78 is 1.33. The third kappa shape index (κ3) is 1.07. The highest BCUT2D eigenvalue weighted by molar-refractivity contribution is 7.99. The zero-order valence-corrected chi connectivity index (χ0v) is 8.67. The van der Waals surface area contributed by atoms with Crippen LogP contribution in [0.4, 0.5) is 5.00 Å². The molecule has 1 aromatic heterocycles. The number of nitrogens with two attached hydrogens (primary N) is 1. The molecule has 0 saturated carbocycles. The molecule has 66 valence electrons. The van der Waals surface area contributed by atoms with Gasteiger partial charge in [-0.2, -0.15) is 0 Å². The lowest BCUT2D eigenvalue weighted by atomic mass is 10.1. The smallest absolute Gasteiger partial charge is 0.0868 e. The third-order valence-corrected chi connectivity index (χ3v) is 4.43. The number of thioether (sulfide) groups is 1. The van der Waals surface area contributed by atoms with Gasteiger partial charge in [0.15, 0.2) is 0 Å². The third-order valence-electron chi connectivity index (χ3n) is 2.40. The minimum absolute atomic E-state index is 0.931. The lowest BCUT2D eigenvalue weighted by molar-refractivity contribution is 1.17. The summed E-state index contributed by atoms with van der Waals surface area (Å²) in [6.07, 6.45) is 1.20. The van der Waals surface area contributed by atoms with E-state index in [-0.39, 0.29) is 0 Å². The van der Waals surface area contributed by atoms with E-state index in [4.69, 9.17) is 5.73 Å². The molecule has 1 aromatic carbocycles. The number of aryl methyl sites for hydroxylation is 1. The van der Waals surface area contributed by atoms with Gasteiger partial charge in [0.25, 0.3) is 0 Å². The molecule has 1 aliphatic rings. The van der Waals surface area contributed by atoms with Crippen LogP contribution in [0.15, 0.2) is 23.1 Å². The number of hydrogen-bond acceptors (Lipinski definition) is 3. The van der Waals surface area contributed by atoms with Crippen LogP contribution in [0.25, 0.3) is 10.1 Å². The second-order valence-corrected chi connectivity index (χ2v) is 5.45. The Labute approximate surface area is 84.9 Å². The summed E-state index contributed by atoms with van der Waals surface area (Å²) in [4.78, 5) is 1.45. The molecule has 2 heterocycles. The number of hydrogen-bond donors (Lipinski definition) is 1. The average molecular weight is 207 g/mol. The topological polar surface area (TPSA) is 26.0 Å². The highest BCUT2D eigenvalue weighted by atomic mass is 32.2. The molecular weight excluding hydrogens is 198 g/mol. The van der Waals surface area contributed by atoms with Gasteiger partial charge in [-0.15, -0.1) is 23.1 Å². The summed E-state index contributed by atoms with van der Waals surface area (Å²) in [5, 5.41) is 2.31. The maximum absolute atomic E-state index is 5.80. The Bertz CT molecular complexity index is 473. The Balaban J connectivity index is 2.42. The summed E-state index contributed by atoms with van der Waals surface area (Å²) in [5.74, 6) is 1.23. The summed E-state index contributed by atoms with van der Waals surface area (Å²) in [5.41, 5.74) is 7.31. The standard InChI is InChI=1S/C10H9NS2/c11-10-5-7-6-3-4-12-8(6)1-2-9(7)13-10/h1-2,5H,3-4,11H2. The molecule has 1 nitrogen and oxygen atoms in total. The van der Waals surface area contributed by atoms with Crippen molar-refractivity contribution < 1.29 is 0 Å². The minimum Gasteiger partial charge on any atom is -0.391 e. The first kappa shape index (κ1) is 7.71. The summed E-state index contributed by atoms with van der Waals surface area (Å²) in [6, 6.07) is 6.53. The molecule has 0 unspecified atom stereocenters. The van der Waals surface area contributed by atoms with Crippen LogP contribution < -0.4 is 5.73 Å². The van der Waals surface area contributed by atoms with Crippen molar-refractivity contribution >= 4 is 38.2 Å². The van der Waals surface area contributed by atoms with Crippen LogP contribution in [0.5, 0.6) is 0 Å². The Hall–Kier alpha value is -0.670. The van der Waals surface area contributed by atoms with Crippen LogP contribution in [0.1, 0.15) is 5.56 Å². The molecule has 0 radical (unpaired) electrons. The van der Waals surface area contributed by atoms with Crippen molar-refractivity contribution in [2.75, 3.05) is 11.5 Å². The van der Waals surface area contributed by atoms with Gasteiger partial charge in [0.05, 0.1) is 5.00 Å². The van der Waals surface area contributed by atoms with Crippen molar-refractivity contribution in [3.63, 3.8) is 0 Å². The van der Waals surface area contributed by atoms with Gasteiger partial charge in [0, 0.05) is 15.3 Å². The van der Waals surface area contributed by atoms with Crippen LogP contribution in [0.3, 0.4) is 0 Å². The molecule has 0 atom stereocenters. The first-order chi connectivity index (χ1) is 6.34. The number of rotatable bonds is 0. The van der Waals surface area contributed by atoms with E-state index in [1.165, 1.54) is 32.7 Å². The average Bonchev–Trinajstić information content (AvgIpc) is 2.65. The molecule has 13 heavy (non-hydrogen) atoms. The Kier molecular flexibility index (Phi) is 1.58. The molecule has 0 fully saturated rings. The Morgan fingerprint density at radius 1 is 1.31 bits per heavy atom. The van der Waals surface area contributed by atoms with Crippen molar-refractivity contribution in [2.24, 2.45) is 0 Å². The maximum Gasteiger partial charge on any atom is 0.0868 e. The number of benzene rings is 1.